The predicted octanol–water partition coefficient (Wildman–Crippen LogP) is 5.95. The van der Waals surface area contributed by atoms with E-state index in [1.165, 1.54) is 12.1 Å². The SMILES string of the molecule is CC.CO.N#Cc1ccnc(N2CCCC2=O)c1.O=CN(c1cc(F)cc(F)c1)C(C(=O)NC1CC(F)(F)C1)c1ccccc1Cl. The molecule has 1 aliphatic carbocycles. The number of nitrogens with zero attached hydrogens (tertiary/aromatic N) is 4. The number of carbonyl (C=O) groups excluding carboxylic acids is 3. The number of hydrogen-bond donors (Lipinski definition) is 2. The number of carbonyl (C=O) groups is 3. The molecule has 0 bridgehead atoms. The van der Waals surface area contributed by atoms with Crippen molar-refractivity contribution in [2.75, 3.05) is 23.5 Å². The molecule has 2 heterocycles. The van der Waals surface area contributed by atoms with Crippen LogP contribution < -0.4 is 15.1 Å². The van der Waals surface area contributed by atoms with Crippen LogP contribution in [0.15, 0.2) is 60.8 Å². The average Bonchev–Trinajstić information content (AvgIpc) is 3.47. The smallest absolute Gasteiger partial charge is 0.252 e. The molecule has 3 amide bonds. The van der Waals surface area contributed by atoms with Gasteiger partial charge in [0.15, 0.2) is 0 Å². The third kappa shape index (κ3) is 9.98. The van der Waals surface area contributed by atoms with Crippen LogP contribution in [0.25, 0.3) is 0 Å². The molecule has 2 fully saturated rings. The van der Waals surface area contributed by atoms with Crippen LogP contribution >= 0.6 is 11.6 Å². The molecule has 2 aliphatic rings. The van der Waals surface area contributed by atoms with E-state index in [1.54, 1.807) is 35.4 Å². The van der Waals surface area contributed by atoms with Gasteiger partial charge in [0.1, 0.15) is 23.5 Å². The highest BCUT2D eigenvalue weighted by Gasteiger charge is 2.47. The van der Waals surface area contributed by atoms with Crippen molar-refractivity contribution >= 4 is 41.3 Å². The quantitative estimate of drug-likeness (QED) is 0.238. The summed E-state index contributed by atoms with van der Waals surface area (Å²) in [5.41, 5.74) is 0.505. The number of nitriles is 1. The van der Waals surface area contributed by atoms with Gasteiger partial charge in [-0.2, -0.15) is 5.26 Å². The largest absolute Gasteiger partial charge is 0.400 e. The molecule has 246 valence electrons. The highest BCUT2D eigenvalue weighted by Crippen LogP contribution is 2.38. The zero-order valence-electron chi connectivity index (χ0n) is 25.4. The molecule has 3 aromatic rings. The molecule has 1 aliphatic heterocycles. The van der Waals surface area contributed by atoms with Crippen LogP contribution in [-0.2, 0) is 14.4 Å². The Bertz CT molecular complexity index is 1510. The number of aromatic nitrogens is 1. The van der Waals surface area contributed by atoms with Crippen molar-refractivity contribution in [3.8, 4) is 6.07 Å². The molecule has 1 aromatic heterocycles. The highest BCUT2D eigenvalue weighted by atomic mass is 35.5. The van der Waals surface area contributed by atoms with E-state index in [2.05, 4.69) is 10.3 Å². The zero-order valence-corrected chi connectivity index (χ0v) is 26.1. The van der Waals surface area contributed by atoms with Crippen LogP contribution in [0.3, 0.4) is 0 Å². The molecule has 9 nitrogen and oxygen atoms in total. The number of rotatable bonds is 7. The van der Waals surface area contributed by atoms with E-state index in [0.717, 1.165) is 30.6 Å². The minimum atomic E-state index is -2.85. The molecular formula is C32H34ClF4N5O4. The second kappa shape index (κ2) is 17.8. The fourth-order valence-corrected chi connectivity index (χ4v) is 4.88. The summed E-state index contributed by atoms with van der Waals surface area (Å²) in [5.74, 6) is -4.85. The van der Waals surface area contributed by atoms with Crippen LogP contribution in [-0.4, -0.2) is 53.9 Å². The van der Waals surface area contributed by atoms with Crippen LogP contribution in [0.1, 0.15) is 56.7 Å². The molecule has 0 spiro atoms. The van der Waals surface area contributed by atoms with Gasteiger partial charge in [0.2, 0.25) is 18.2 Å². The molecule has 1 saturated heterocycles. The van der Waals surface area contributed by atoms with Crippen molar-refractivity contribution in [2.24, 2.45) is 0 Å². The molecule has 0 radical (unpaired) electrons. The number of benzene rings is 2. The molecule has 1 unspecified atom stereocenters. The van der Waals surface area contributed by atoms with Gasteiger partial charge in [-0.3, -0.25) is 24.2 Å². The number of aliphatic hydroxyl groups excluding tert-OH is 1. The summed E-state index contributed by atoms with van der Waals surface area (Å²) in [6.07, 6.45) is 2.19. The van der Waals surface area contributed by atoms with E-state index in [4.69, 9.17) is 22.0 Å². The molecule has 14 heteroatoms. The standard InChI is InChI=1S/C19H15ClF4N2O2.C10H9N3O.C2H6.CH4O/c20-16-4-2-1-3-15(16)17(18(28)25-13-8-19(23,24)9-13)26(10-27)14-6-11(21)5-12(22)7-14;11-7-8-3-4-12-9(6-8)13-5-1-2-10(13)14;2*1-2/h1-7,10,13,17H,8-9H2,(H,25,28);3-4,6H,1-2,5H2;1-2H3;2H,1H3. The lowest BCUT2D eigenvalue weighted by Gasteiger charge is -2.37. The normalized spacial score (nSPS) is 15.2. The third-order valence-corrected chi connectivity index (χ3v) is 6.99. The Labute approximate surface area is 269 Å². The number of anilines is 2. The molecule has 46 heavy (non-hydrogen) atoms. The lowest BCUT2D eigenvalue weighted by atomic mass is 9.87. The van der Waals surface area contributed by atoms with Crippen molar-refractivity contribution in [3.63, 3.8) is 0 Å². The monoisotopic (exact) mass is 663 g/mol. The van der Waals surface area contributed by atoms with Crippen molar-refractivity contribution in [3.05, 3.63) is 88.6 Å². The molecule has 5 rings (SSSR count). The first-order chi connectivity index (χ1) is 22.0. The van der Waals surface area contributed by atoms with Gasteiger partial charge in [-0.15, -0.1) is 0 Å². The first kappa shape index (κ1) is 37.6. The maximum atomic E-state index is 13.6. The van der Waals surface area contributed by atoms with Crippen LogP contribution in [0.2, 0.25) is 5.02 Å². The van der Waals surface area contributed by atoms with Gasteiger partial charge in [-0.25, -0.2) is 22.5 Å². The molecule has 2 aromatic carbocycles. The number of halogens is 5. The Morgan fingerprint density at radius 1 is 1.15 bits per heavy atom. The Morgan fingerprint density at radius 2 is 1.78 bits per heavy atom. The van der Waals surface area contributed by atoms with Crippen molar-refractivity contribution < 1.29 is 37.1 Å². The lowest BCUT2D eigenvalue weighted by molar-refractivity contribution is -0.131. The molecule has 1 atom stereocenters. The highest BCUT2D eigenvalue weighted by molar-refractivity contribution is 6.31. The molecule has 1 saturated carbocycles. The number of hydrogen-bond acceptors (Lipinski definition) is 6. The number of alkyl halides is 2. The molecular weight excluding hydrogens is 630 g/mol. The van der Waals surface area contributed by atoms with Gasteiger partial charge in [0.05, 0.1) is 17.3 Å². The zero-order chi connectivity index (χ0) is 34.4. The van der Waals surface area contributed by atoms with E-state index < -0.39 is 48.4 Å². The minimum Gasteiger partial charge on any atom is -0.400 e. The second-order valence-electron chi connectivity index (χ2n) is 9.70. The van der Waals surface area contributed by atoms with Crippen molar-refractivity contribution in [2.45, 2.75) is 57.5 Å². The van der Waals surface area contributed by atoms with E-state index in [0.29, 0.717) is 30.4 Å². The summed E-state index contributed by atoms with van der Waals surface area (Å²) in [6, 6.07) is 11.6. The summed E-state index contributed by atoms with van der Waals surface area (Å²) in [5, 5.41) is 18.3. The number of nitrogens with one attached hydrogen (secondary N) is 1. The summed E-state index contributed by atoms with van der Waals surface area (Å²) < 4.78 is 53.4. The average molecular weight is 664 g/mol. The Kier molecular flexibility index (Phi) is 14.6. The van der Waals surface area contributed by atoms with Crippen LogP contribution in [0, 0.1) is 23.0 Å². The number of amides is 3. The van der Waals surface area contributed by atoms with Crippen molar-refractivity contribution in [1.29, 1.82) is 5.26 Å². The van der Waals surface area contributed by atoms with Crippen molar-refractivity contribution in [1.82, 2.24) is 10.3 Å². The fraction of sp³-hybridized carbons (Fsp3) is 0.344. The van der Waals surface area contributed by atoms with Crippen LogP contribution in [0.5, 0.6) is 0 Å². The Balaban J connectivity index is 0.000000342. The van der Waals surface area contributed by atoms with E-state index in [-0.39, 0.29) is 28.6 Å². The lowest BCUT2D eigenvalue weighted by Crippen LogP contribution is -2.53. The topological polar surface area (TPSA) is 127 Å². The first-order valence-electron chi connectivity index (χ1n) is 14.2. The van der Waals surface area contributed by atoms with Gasteiger partial charge >= 0.3 is 0 Å². The summed E-state index contributed by atoms with van der Waals surface area (Å²) in [7, 11) is 1.00. The summed E-state index contributed by atoms with van der Waals surface area (Å²) in [6.45, 7) is 4.71. The Hall–Kier alpha value is -4.54. The van der Waals surface area contributed by atoms with Gasteiger partial charge < -0.3 is 10.4 Å². The maximum absolute atomic E-state index is 13.6. The minimum absolute atomic E-state index is 0.0904. The first-order valence-corrected chi connectivity index (χ1v) is 14.6. The summed E-state index contributed by atoms with van der Waals surface area (Å²) >= 11 is 6.15. The molecule has 2 N–H and O–H groups in total. The van der Waals surface area contributed by atoms with E-state index in [9.17, 15) is 31.9 Å². The second-order valence-corrected chi connectivity index (χ2v) is 10.1. The van der Waals surface area contributed by atoms with E-state index in [1.807, 2.05) is 19.9 Å². The number of pyridine rings is 1. The number of aliphatic hydroxyl groups is 1. The van der Waals surface area contributed by atoms with Crippen LogP contribution in [0.4, 0.5) is 29.1 Å². The van der Waals surface area contributed by atoms with Gasteiger partial charge in [0, 0.05) is 61.8 Å². The summed E-state index contributed by atoms with van der Waals surface area (Å²) in [4.78, 5) is 42.5. The van der Waals surface area contributed by atoms with Gasteiger partial charge in [-0.05, 0) is 36.8 Å². The third-order valence-electron chi connectivity index (χ3n) is 6.65. The maximum Gasteiger partial charge on any atom is 0.252 e. The predicted molar refractivity (Wildman–Crippen MR) is 165 cm³/mol. The van der Waals surface area contributed by atoms with Gasteiger partial charge in [-0.1, -0.05) is 43.6 Å². The van der Waals surface area contributed by atoms with Gasteiger partial charge in [0.25, 0.3) is 5.92 Å². The Morgan fingerprint density at radius 3 is 2.30 bits per heavy atom. The fourth-order valence-electron chi connectivity index (χ4n) is 4.64. The van der Waals surface area contributed by atoms with E-state index >= 15 is 0 Å².